The number of para-hydroxylation sites is 2. The fraction of sp³-hybridized carbons (Fsp3) is 0. The van der Waals surface area contributed by atoms with Gasteiger partial charge in [-0.15, -0.1) is 0 Å². The van der Waals surface area contributed by atoms with E-state index in [9.17, 15) is 0 Å². The number of hydrogen-bond donors (Lipinski definition) is 0. The number of nitrogens with zero attached hydrogens (tertiary/aromatic N) is 3. The summed E-state index contributed by atoms with van der Waals surface area (Å²) in [4.78, 5) is 14.7. The highest BCUT2D eigenvalue weighted by atomic mass is 16.3. The maximum Gasteiger partial charge on any atom is 0.164 e. The minimum absolute atomic E-state index is 0.0265. The molecule has 2 aromatic heterocycles. The van der Waals surface area contributed by atoms with E-state index < -0.39 is 12.1 Å². The van der Waals surface area contributed by atoms with Crippen LogP contribution in [0.4, 0.5) is 0 Å². The van der Waals surface area contributed by atoms with Crippen molar-refractivity contribution < 1.29 is 14.0 Å². The SMILES string of the molecule is [2H]c1c([2H])c([2H])c2c(oc3c(-c4cccc(-c5ccc(-c6nc(-c7ccccc7)nc(-c7ccc(-c8ccccc8)cc7)n6)cc5)c4)c([2H])c([2H])c([2H])c32)c1[2H]. The minimum Gasteiger partial charge on any atom is -0.455 e. The third kappa shape index (κ3) is 5.45. The molecule has 0 saturated carbocycles. The summed E-state index contributed by atoms with van der Waals surface area (Å²) in [6, 6.07) is 40.8. The lowest BCUT2D eigenvalue weighted by Gasteiger charge is -2.10. The van der Waals surface area contributed by atoms with E-state index in [-0.39, 0.29) is 57.7 Å². The van der Waals surface area contributed by atoms with Crippen molar-refractivity contribution in [3.05, 3.63) is 176 Å². The fourth-order valence-corrected chi connectivity index (χ4v) is 5.99. The molecule has 0 fully saturated rings. The van der Waals surface area contributed by atoms with Gasteiger partial charge in [0.1, 0.15) is 11.2 Å². The number of rotatable bonds is 6. The topological polar surface area (TPSA) is 51.8 Å². The van der Waals surface area contributed by atoms with Crippen LogP contribution in [-0.2, 0) is 0 Å². The Balaban J connectivity index is 1.11. The molecule has 2 heterocycles. The first-order valence-electron chi connectivity index (χ1n) is 19.3. The van der Waals surface area contributed by atoms with E-state index in [2.05, 4.69) is 24.3 Å². The summed E-state index contributed by atoms with van der Waals surface area (Å²) in [5.41, 5.74) is 7.13. The summed E-state index contributed by atoms with van der Waals surface area (Å²) < 4.78 is 65.6. The zero-order chi connectivity index (χ0) is 38.7. The predicted molar refractivity (Wildman–Crippen MR) is 200 cm³/mol. The van der Waals surface area contributed by atoms with Crippen molar-refractivity contribution in [1.29, 1.82) is 0 Å². The van der Waals surface area contributed by atoms with Crippen LogP contribution in [-0.4, -0.2) is 15.0 Å². The Kier molecular flexibility index (Phi) is 5.47. The fourth-order valence-electron chi connectivity index (χ4n) is 5.99. The number of fused-ring (bicyclic) bond motifs is 3. The molecule has 0 saturated heterocycles. The van der Waals surface area contributed by atoms with Gasteiger partial charge in [-0.1, -0.05) is 164 Å². The van der Waals surface area contributed by atoms with E-state index in [1.807, 2.05) is 103 Å². The molecular weight excluding hydrogens is 599 g/mol. The van der Waals surface area contributed by atoms with Gasteiger partial charge in [0, 0.05) is 33.0 Å². The van der Waals surface area contributed by atoms with Gasteiger partial charge in [-0.3, -0.25) is 0 Å². The van der Waals surface area contributed by atoms with E-state index in [4.69, 9.17) is 29.0 Å². The molecule has 49 heavy (non-hydrogen) atoms. The van der Waals surface area contributed by atoms with Crippen LogP contribution in [0.1, 0.15) is 9.60 Å². The maximum atomic E-state index is 8.87. The first kappa shape index (κ1) is 22.0. The van der Waals surface area contributed by atoms with Gasteiger partial charge in [0.25, 0.3) is 0 Å². The molecule has 0 aliphatic rings. The van der Waals surface area contributed by atoms with Gasteiger partial charge in [0.05, 0.1) is 9.60 Å². The zero-order valence-corrected chi connectivity index (χ0v) is 26.0. The third-order valence-electron chi connectivity index (χ3n) is 8.48. The Labute approximate surface area is 293 Å². The number of benzene rings is 7. The minimum atomic E-state index is -0.459. The molecule has 9 aromatic rings. The summed E-state index contributed by atoms with van der Waals surface area (Å²) in [6.07, 6.45) is 0. The van der Waals surface area contributed by atoms with Crippen LogP contribution < -0.4 is 0 Å². The zero-order valence-electron chi connectivity index (χ0n) is 33.0. The van der Waals surface area contributed by atoms with Crippen molar-refractivity contribution in [3.8, 4) is 67.5 Å². The van der Waals surface area contributed by atoms with E-state index in [1.54, 1.807) is 6.07 Å². The highest BCUT2D eigenvalue weighted by Crippen LogP contribution is 2.37. The van der Waals surface area contributed by atoms with E-state index >= 15 is 0 Å². The Hall–Kier alpha value is -6.65. The van der Waals surface area contributed by atoms with Crippen molar-refractivity contribution >= 4 is 21.9 Å². The highest BCUT2D eigenvalue weighted by Gasteiger charge is 2.15. The molecule has 0 spiro atoms. The van der Waals surface area contributed by atoms with Crippen molar-refractivity contribution in [3.63, 3.8) is 0 Å². The van der Waals surface area contributed by atoms with Crippen molar-refractivity contribution in [2.75, 3.05) is 0 Å². The molecule has 0 atom stereocenters. The summed E-state index contributed by atoms with van der Waals surface area (Å²) >= 11 is 0. The van der Waals surface area contributed by atoms with Crippen LogP contribution in [0.15, 0.2) is 180 Å². The van der Waals surface area contributed by atoms with E-state index in [1.165, 1.54) is 0 Å². The lowest BCUT2D eigenvalue weighted by Crippen LogP contribution is -2.00. The lowest BCUT2D eigenvalue weighted by molar-refractivity contribution is 0.670. The molecule has 4 heteroatoms. The second-order valence-corrected chi connectivity index (χ2v) is 11.5. The van der Waals surface area contributed by atoms with Crippen molar-refractivity contribution in [2.45, 2.75) is 0 Å². The van der Waals surface area contributed by atoms with Gasteiger partial charge in [0.15, 0.2) is 17.5 Å². The molecule has 0 aliphatic heterocycles. The van der Waals surface area contributed by atoms with E-state index in [0.717, 1.165) is 38.9 Å². The van der Waals surface area contributed by atoms with Gasteiger partial charge in [0.2, 0.25) is 0 Å². The number of furan rings is 1. The van der Waals surface area contributed by atoms with Crippen molar-refractivity contribution in [2.24, 2.45) is 0 Å². The van der Waals surface area contributed by atoms with Crippen molar-refractivity contribution in [1.82, 2.24) is 15.0 Å². The number of hydrogen-bond acceptors (Lipinski definition) is 4. The monoisotopic (exact) mass is 634 g/mol. The van der Waals surface area contributed by atoms with Crippen LogP contribution in [0.25, 0.3) is 89.5 Å². The highest BCUT2D eigenvalue weighted by molar-refractivity contribution is 6.09. The molecule has 0 unspecified atom stereocenters. The Morgan fingerprint density at radius 3 is 1.51 bits per heavy atom. The summed E-state index contributed by atoms with van der Waals surface area (Å²) in [6.45, 7) is 0. The summed E-state index contributed by atoms with van der Waals surface area (Å²) in [5.74, 6) is 1.62. The quantitative estimate of drug-likeness (QED) is 0.183. The first-order chi connectivity index (χ1) is 27.2. The average Bonchev–Trinajstić information content (AvgIpc) is 3.65. The maximum absolute atomic E-state index is 8.87. The molecule has 0 aliphatic carbocycles. The Morgan fingerprint density at radius 1 is 0.388 bits per heavy atom. The van der Waals surface area contributed by atoms with Crippen LogP contribution in [0, 0.1) is 0 Å². The Bertz CT molecular complexity index is 2970. The van der Waals surface area contributed by atoms with Crippen LogP contribution >= 0.6 is 0 Å². The molecule has 230 valence electrons. The molecule has 0 bridgehead atoms. The smallest absolute Gasteiger partial charge is 0.164 e. The van der Waals surface area contributed by atoms with Crippen LogP contribution in [0.2, 0.25) is 0 Å². The Morgan fingerprint density at radius 2 is 0.857 bits per heavy atom. The lowest BCUT2D eigenvalue weighted by atomic mass is 9.97. The van der Waals surface area contributed by atoms with Gasteiger partial charge in [-0.25, -0.2) is 15.0 Å². The standard InChI is InChI=1S/C45H29N3O/c1-3-11-30(12-4-1)31-21-25-34(26-22-31)44-46-43(33-13-5-2-6-14-33)47-45(48-44)35-27-23-32(24-28-35)36-15-9-16-37(29-36)38-18-10-19-40-39-17-7-8-20-41(39)49-42(38)40/h1-29H/i7D,8D,10D,17D,18D,19D,20D. The molecule has 7 aromatic carbocycles. The molecule has 4 nitrogen and oxygen atoms in total. The van der Waals surface area contributed by atoms with Gasteiger partial charge >= 0.3 is 0 Å². The number of aromatic nitrogens is 3. The molecule has 0 radical (unpaired) electrons. The summed E-state index contributed by atoms with van der Waals surface area (Å²) in [5, 5.41) is 0.107. The molecule has 0 N–H and O–H groups in total. The molecular formula is C45H29N3O. The van der Waals surface area contributed by atoms with Gasteiger partial charge in [-0.2, -0.15) is 0 Å². The van der Waals surface area contributed by atoms with Crippen LogP contribution in [0.3, 0.4) is 0 Å². The second kappa shape index (κ2) is 12.2. The average molecular weight is 635 g/mol. The predicted octanol–water partition coefficient (Wildman–Crippen LogP) is 11.8. The second-order valence-electron chi connectivity index (χ2n) is 11.5. The largest absolute Gasteiger partial charge is 0.455 e. The van der Waals surface area contributed by atoms with E-state index in [0.29, 0.717) is 23.0 Å². The summed E-state index contributed by atoms with van der Waals surface area (Å²) in [7, 11) is 0. The molecule has 9 rings (SSSR count). The first-order valence-corrected chi connectivity index (χ1v) is 15.8. The normalized spacial score (nSPS) is 13.3. The third-order valence-corrected chi connectivity index (χ3v) is 8.48. The van der Waals surface area contributed by atoms with Crippen LogP contribution in [0.5, 0.6) is 0 Å². The molecule has 0 amide bonds. The van der Waals surface area contributed by atoms with Gasteiger partial charge in [-0.05, 0) is 39.9 Å². The van der Waals surface area contributed by atoms with Gasteiger partial charge < -0.3 is 4.42 Å².